The van der Waals surface area contributed by atoms with Gasteiger partial charge in [-0.1, -0.05) is 22.8 Å². The van der Waals surface area contributed by atoms with Crippen LogP contribution in [0, 0.1) is 13.8 Å². The van der Waals surface area contributed by atoms with E-state index in [0.717, 1.165) is 25.7 Å². The molecule has 1 saturated heterocycles. The molecular formula is C24H28ClN5O5S. The summed E-state index contributed by atoms with van der Waals surface area (Å²) in [5.74, 6) is 0.509. The number of ether oxygens (including phenoxy) is 1. The van der Waals surface area contributed by atoms with Crippen LogP contribution in [0.2, 0.25) is 5.02 Å². The summed E-state index contributed by atoms with van der Waals surface area (Å²) in [7, 11) is -3.74. The molecule has 0 spiro atoms. The number of hydrogen-bond donors (Lipinski definition) is 0. The maximum Gasteiger partial charge on any atom is 0.316 e. The van der Waals surface area contributed by atoms with Crippen LogP contribution < -0.4 is 15.2 Å². The van der Waals surface area contributed by atoms with Crippen molar-refractivity contribution in [1.82, 2.24) is 19.2 Å². The van der Waals surface area contributed by atoms with Crippen molar-refractivity contribution < 1.29 is 17.7 Å². The fourth-order valence-electron chi connectivity index (χ4n) is 4.87. The summed E-state index contributed by atoms with van der Waals surface area (Å²) in [4.78, 5) is 15.6. The zero-order chi connectivity index (χ0) is 25.4. The third kappa shape index (κ3) is 4.62. The highest BCUT2D eigenvalue weighted by atomic mass is 35.5. The number of benzene rings is 1. The van der Waals surface area contributed by atoms with Gasteiger partial charge in [-0.2, -0.15) is 14.1 Å². The average molecular weight is 534 g/mol. The fraction of sp³-hybridized carbons (Fsp3) is 0.458. The van der Waals surface area contributed by atoms with Gasteiger partial charge in [0.15, 0.2) is 5.76 Å². The van der Waals surface area contributed by atoms with Crippen molar-refractivity contribution in [3.63, 3.8) is 0 Å². The summed E-state index contributed by atoms with van der Waals surface area (Å²) in [5, 5.41) is 8.69. The Balaban J connectivity index is 1.44. The molecule has 0 bridgehead atoms. The summed E-state index contributed by atoms with van der Waals surface area (Å²) in [6.45, 7) is 4.46. The van der Waals surface area contributed by atoms with Gasteiger partial charge in [-0.05, 0) is 57.7 Å². The average Bonchev–Trinajstić information content (AvgIpc) is 3.49. The van der Waals surface area contributed by atoms with Crippen LogP contribution >= 0.6 is 11.6 Å². The highest BCUT2D eigenvalue weighted by molar-refractivity contribution is 7.89. The van der Waals surface area contributed by atoms with Crippen LogP contribution in [0.5, 0.6) is 5.75 Å². The molecule has 36 heavy (non-hydrogen) atoms. The van der Waals surface area contributed by atoms with Gasteiger partial charge in [-0.3, -0.25) is 4.79 Å². The Hall–Kier alpha value is -2.89. The van der Waals surface area contributed by atoms with Gasteiger partial charge in [0, 0.05) is 31.2 Å². The van der Waals surface area contributed by atoms with Gasteiger partial charge in [0.2, 0.25) is 15.8 Å². The second-order valence-electron chi connectivity index (χ2n) is 9.12. The van der Waals surface area contributed by atoms with Crippen molar-refractivity contribution in [2.24, 2.45) is 0 Å². The van der Waals surface area contributed by atoms with Crippen molar-refractivity contribution in [1.29, 1.82) is 0 Å². The molecule has 2 aromatic heterocycles. The number of nitrogens with zero attached hydrogens (tertiary/aromatic N) is 5. The summed E-state index contributed by atoms with van der Waals surface area (Å²) >= 11 is 6.14. The van der Waals surface area contributed by atoms with Gasteiger partial charge in [-0.15, -0.1) is 0 Å². The van der Waals surface area contributed by atoms with E-state index in [1.807, 2.05) is 4.90 Å². The third-order valence-corrected chi connectivity index (χ3v) is 9.08. The number of halogens is 1. The number of aryl methyl sites for hydroxylation is 2. The first kappa shape index (κ1) is 24.8. The Morgan fingerprint density at radius 3 is 2.47 bits per heavy atom. The maximum atomic E-state index is 13.6. The molecule has 12 heteroatoms. The molecule has 3 heterocycles. The molecule has 1 aliphatic carbocycles. The summed E-state index contributed by atoms with van der Waals surface area (Å²) in [6, 6.07) is 6.93. The Kier molecular flexibility index (Phi) is 6.80. The van der Waals surface area contributed by atoms with Gasteiger partial charge >= 0.3 is 5.56 Å². The Morgan fingerprint density at radius 2 is 1.83 bits per heavy atom. The predicted molar refractivity (Wildman–Crippen MR) is 135 cm³/mol. The largest absolute Gasteiger partial charge is 0.483 e. The van der Waals surface area contributed by atoms with Gasteiger partial charge < -0.3 is 14.2 Å². The van der Waals surface area contributed by atoms with E-state index >= 15 is 0 Å². The highest BCUT2D eigenvalue weighted by Crippen LogP contribution is 2.31. The van der Waals surface area contributed by atoms with Gasteiger partial charge in [0.05, 0.1) is 18.0 Å². The second kappa shape index (κ2) is 9.87. The second-order valence-corrected chi connectivity index (χ2v) is 11.4. The highest BCUT2D eigenvalue weighted by Gasteiger charge is 2.34. The molecule has 1 saturated carbocycles. The van der Waals surface area contributed by atoms with E-state index in [9.17, 15) is 13.2 Å². The zero-order valence-corrected chi connectivity index (χ0v) is 21.8. The van der Waals surface area contributed by atoms with Gasteiger partial charge in [0.1, 0.15) is 16.3 Å². The van der Waals surface area contributed by atoms with E-state index in [1.54, 1.807) is 44.3 Å². The molecule has 0 atom stereocenters. The van der Waals surface area contributed by atoms with Crippen LogP contribution in [0.25, 0.3) is 5.69 Å². The minimum absolute atomic E-state index is 0.0344. The topological polar surface area (TPSA) is 111 Å². The first-order chi connectivity index (χ1) is 17.3. The molecule has 0 unspecified atom stereocenters. The molecular weight excluding hydrogens is 506 g/mol. The zero-order valence-electron chi connectivity index (χ0n) is 20.2. The lowest BCUT2D eigenvalue weighted by molar-refractivity contribution is 0.205. The van der Waals surface area contributed by atoms with Crippen LogP contribution in [0.3, 0.4) is 0 Å². The minimum atomic E-state index is -3.74. The molecule has 2 fully saturated rings. The van der Waals surface area contributed by atoms with Crippen LogP contribution in [0.4, 0.5) is 5.69 Å². The quantitative estimate of drug-likeness (QED) is 0.474. The van der Waals surface area contributed by atoms with Gasteiger partial charge in [0.25, 0.3) is 0 Å². The molecule has 0 N–H and O–H groups in total. The molecule has 10 nitrogen and oxygen atoms in total. The van der Waals surface area contributed by atoms with E-state index < -0.39 is 10.0 Å². The van der Waals surface area contributed by atoms with Crippen molar-refractivity contribution in [3.05, 3.63) is 57.3 Å². The summed E-state index contributed by atoms with van der Waals surface area (Å²) in [6.07, 6.45) is 5.49. The lowest BCUT2D eigenvalue weighted by atomic mass is 10.2. The molecule has 1 aromatic carbocycles. The standard InChI is InChI=1S/C24H28ClN5O5S/c1-16-23(17(2)35-27-16)36(32,33)29-12-10-28(11-13-29)21-15-26-30(19-7-5-6-18(25)14-19)24(31)22(21)34-20-8-3-4-9-20/h5-7,14-15,20H,3-4,8-13H2,1-2H3. The van der Waals surface area contributed by atoms with Crippen molar-refractivity contribution in [2.75, 3.05) is 31.1 Å². The van der Waals surface area contributed by atoms with E-state index in [0.29, 0.717) is 35.2 Å². The lowest BCUT2D eigenvalue weighted by Crippen LogP contribution is -2.49. The number of aromatic nitrogens is 3. The molecule has 192 valence electrons. The molecule has 0 radical (unpaired) electrons. The van der Waals surface area contributed by atoms with Gasteiger partial charge in [-0.25, -0.2) is 8.42 Å². The smallest absolute Gasteiger partial charge is 0.316 e. The molecule has 1 aliphatic heterocycles. The molecule has 0 amide bonds. The third-order valence-electron chi connectivity index (χ3n) is 6.70. The number of sulfonamides is 1. The van der Waals surface area contributed by atoms with E-state index in [-0.39, 0.29) is 41.2 Å². The Labute approximate surface area is 214 Å². The molecule has 2 aliphatic rings. The normalized spacial score (nSPS) is 17.6. The monoisotopic (exact) mass is 533 g/mol. The first-order valence-corrected chi connectivity index (χ1v) is 13.8. The van der Waals surface area contributed by atoms with Crippen LogP contribution in [0.1, 0.15) is 37.1 Å². The first-order valence-electron chi connectivity index (χ1n) is 12.0. The number of piperazine rings is 1. The van der Waals surface area contributed by atoms with Crippen molar-refractivity contribution >= 4 is 27.3 Å². The fourth-order valence-corrected chi connectivity index (χ4v) is 6.77. The van der Waals surface area contributed by atoms with Crippen LogP contribution in [0.15, 0.2) is 44.7 Å². The van der Waals surface area contributed by atoms with Crippen molar-refractivity contribution in [2.45, 2.75) is 50.5 Å². The predicted octanol–water partition coefficient (Wildman–Crippen LogP) is 3.32. The Morgan fingerprint density at radius 1 is 1.11 bits per heavy atom. The molecule has 5 rings (SSSR count). The minimum Gasteiger partial charge on any atom is -0.483 e. The van der Waals surface area contributed by atoms with Crippen LogP contribution in [-0.4, -0.2) is 59.9 Å². The van der Waals surface area contributed by atoms with Crippen LogP contribution in [-0.2, 0) is 10.0 Å². The van der Waals surface area contributed by atoms with E-state index in [2.05, 4.69) is 10.3 Å². The number of anilines is 1. The van der Waals surface area contributed by atoms with E-state index in [1.165, 1.54) is 8.99 Å². The maximum absolute atomic E-state index is 13.6. The molecule has 3 aromatic rings. The van der Waals surface area contributed by atoms with Crippen molar-refractivity contribution in [3.8, 4) is 11.4 Å². The summed E-state index contributed by atoms with van der Waals surface area (Å²) in [5.41, 5.74) is 1.09. The lowest BCUT2D eigenvalue weighted by Gasteiger charge is -2.35. The Bertz CT molecular complexity index is 1400. The number of rotatable bonds is 6. The SMILES string of the molecule is Cc1noc(C)c1S(=O)(=O)N1CCN(c2cnn(-c3cccc(Cl)c3)c(=O)c2OC2CCCC2)CC1. The number of hydrogen-bond acceptors (Lipinski definition) is 8. The summed E-state index contributed by atoms with van der Waals surface area (Å²) < 4.78 is 40.5. The van der Waals surface area contributed by atoms with E-state index in [4.69, 9.17) is 20.9 Å².